The average molecular weight is 320 g/mol. The number of rotatable bonds is 2. The average Bonchev–Trinajstić information content (AvgIpc) is 2.97. The van der Waals surface area contributed by atoms with Gasteiger partial charge < -0.3 is 4.90 Å². The molecule has 1 aliphatic rings. The van der Waals surface area contributed by atoms with Crippen LogP contribution < -0.4 is 0 Å². The highest BCUT2D eigenvalue weighted by atomic mass is 19.4. The Kier molecular flexibility index (Phi) is 3.83. The fourth-order valence-electron chi connectivity index (χ4n) is 2.97. The second-order valence-corrected chi connectivity index (χ2v) is 5.60. The maximum Gasteiger partial charge on any atom is 0.433 e. The minimum absolute atomic E-state index is 0.0546. The molecule has 1 heterocycles. The molecule has 3 rings (SSSR count). The first-order valence-electron chi connectivity index (χ1n) is 7.26. The standard InChI is InChI=1S/C17H15F3N2O/c1-22(14-8-6-11-4-2-3-5-13(11)14)16(23)12-7-9-15(21-10-12)17(18,19)20/h2-5,7,9-10,14H,6,8H2,1H3. The number of aromatic nitrogens is 1. The van der Waals surface area contributed by atoms with Crippen LogP contribution in [0, 0.1) is 0 Å². The number of fused-ring (bicyclic) bond motifs is 1. The van der Waals surface area contributed by atoms with Gasteiger partial charge in [0.05, 0.1) is 11.6 Å². The van der Waals surface area contributed by atoms with Gasteiger partial charge in [-0.05, 0) is 36.1 Å². The number of aryl methyl sites for hydroxylation is 1. The predicted octanol–water partition coefficient (Wildman–Crippen LogP) is 3.86. The Hall–Kier alpha value is -2.37. The van der Waals surface area contributed by atoms with Crippen molar-refractivity contribution in [1.82, 2.24) is 9.88 Å². The molecule has 1 amide bonds. The number of nitrogens with zero attached hydrogens (tertiary/aromatic N) is 2. The van der Waals surface area contributed by atoms with Gasteiger partial charge in [-0.2, -0.15) is 13.2 Å². The molecule has 0 saturated heterocycles. The van der Waals surface area contributed by atoms with Crippen molar-refractivity contribution in [2.24, 2.45) is 0 Å². The molecule has 0 aliphatic heterocycles. The maximum atomic E-state index is 12.5. The van der Waals surface area contributed by atoms with E-state index >= 15 is 0 Å². The highest BCUT2D eigenvalue weighted by molar-refractivity contribution is 5.94. The third-order valence-corrected chi connectivity index (χ3v) is 4.19. The van der Waals surface area contributed by atoms with Crippen LogP contribution in [0.5, 0.6) is 0 Å². The first-order chi connectivity index (χ1) is 10.9. The molecule has 1 aliphatic carbocycles. The monoisotopic (exact) mass is 320 g/mol. The normalized spacial score (nSPS) is 17.0. The fraction of sp³-hybridized carbons (Fsp3) is 0.294. The Bertz CT molecular complexity index is 725. The van der Waals surface area contributed by atoms with Gasteiger partial charge in [-0.15, -0.1) is 0 Å². The van der Waals surface area contributed by atoms with Gasteiger partial charge in [0.1, 0.15) is 5.69 Å². The lowest BCUT2D eigenvalue weighted by Crippen LogP contribution is -2.30. The molecule has 1 unspecified atom stereocenters. The summed E-state index contributed by atoms with van der Waals surface area (Å²) in [4.78, 5) is 17.4. The largest absolute Gasteiger partial charge is 0.433 e. The van der Waals surface area contributed by atoms with E-state index in [1.54, 1.807) is 11.9 Å². The maximum absolute atomic E-state index is 12.5. The minimum Gasteiger partial charge on any atom is -0.335 e. The van der Waals surface area contributed by atoms with E-state index in [-0.39, 0.29) is 17.5 Å². The number of hydrogen-bond donors (Lipinski definition) is 0. The van der Waals surface area contributed by atoms with Crippen molar-refractivity contribution in [1.29, 1.82) is 0 Å². The van der Waals surface area contributed by atoms with E-state index in [1.807, 2.05) is 24.3 Å². The SMILES string of the molecule is CN(C(=O)c1ccc(C(F)(F)F)nc1)C1CCc2ccccc21. The lowest BCUT2D eigenvalue weighted by molar-refractivity contribution is -0.141. The molecule has 120 valence electrons. The summed E-state index contributed by atoms with van der Waals surface area (Å²) in [6, 6.07) is 9.87. The summed E-state index contributed by atoms with van der Waals surface area (Å²) in [7, 11) is 1.67. The van der Waals surface area contributed by atoms with Crippen LogP contribution >= 0.6 is 0 Å². The summed E-state index contributed by atoms with van der Waals surface area (Å²) in [5, 5.41) is 0. The van der Waals surface area contributed by atoms with E-state index in [9.17, 15) is 18.0 Å². The summed E-state index contributed by atoms with van der Waals surface area (Å²) >= 11 is 0. The van der Waals surface area contributed by atoms with Crippen LogP contribution in [-0.2, 0) is 12.6 Å². The van der Waals surface area contributed by atoms with Gasteiger partial charge in [-0.25, -0.2) is 0 Å². The molecule has 0 radical (unpaired) electrons. The van der Waals surface area contributed by atoms with Gasteiger partial charge in [0.25, 0.3) is 5.91 Å². The van der Waals surface area contributed by atoms with Crippen LogP contribution in [0.2, 0.25) is 0 Å². The second kappa shape index (κ2) is 5.68. The zero-order valence-corrected chi connectivity index (χ0v) is 12.5. The van der Waals surface area contributed by atoms with Crippen molar-refractivity contribution in [3.05, 3.63) is 65.0 Å². The number of halogens is 3. The van der Waals surface area contributed by atoms with Gasteiger partial charge in [0, 0.05) is 13.2 Å². The van der Waals surface area contributed by atoms with Gasteiger partial charge in [-0.1, -0.05) is 24.3 Å². The highest BCUT2D eigenvalue weighted by Crippen LogP contribution is 2.35. The molecule has 6 heteroatoms. The third-order valence-electron chi connectivity index (χ3n) is 4.19. The number of pyridine rings is 1. The van der Waals surface area contributed by atoms with Crippen molar-refractivity contribution in [3.8, 4) is 0 Å². The van der Waals surface area contributed by atoms with E-state index in [4.69, 9.17) is 0 Å². The van der Waals surface area contributed by atoms with Crippen LogP contribution in [-0.4, -0.2) is 22.8 Å². The highest BCUT2D eigenvalue weighted by Gasteiger charge is 2.33. The minimum atomic E-state index is -4.50. The van der Waals surface area contributed by atoms with Crippen molar-refractivity contribution in [3.63, 3.8) is 0 Å². The molecule has 0 saturated carbocycles. The Balaban J connectivity index is 1.81. The van der Waals surface area contributed by atoms with Crippen molar-refractivity contribution in [2.45, 2.75) is 25.1 Å². The number of carbonyl (C=O) groups excluding carboxylic acids is 1. The number of alkyl halides is 3. The molecular formula is C17H15F3N2O. The van der Waals surface area contributed by atoms with Crippen molar-refractivity contribution in [2.75, 3.05) is 7.05 Å². The number of benzene rings is 1. The predicted molar refractivity (Wildman–Crippen MR) is 78.8 cm³/mol. The number of carbonyl (C=O) groups is 1. The first-order valence-corrected chi connectivity index (χ1v) is 7.26. The molecule has 1 aromatic carbocycles. The smallest absolute Gasteiger partial charge is 0.335 e. The van der Waals surface area contributed by atoms with E-state index in [2.05, 4.69) is 4.98 Å². The quantitative estimate of drug-likeness (QED) is 0.842. The Morgan fingerprint density at radius 2 is 1.96 bits per heavy atom. The van der Waals surface area contributed by atoms with Crippen LogP contribution in [0.4, 0.5) is 13.2 Å². The molecule has 0 fully saturated rings. The molecule has 1 aromatic heterocycles. The van der Waals surface area contributed by atoms with E-state index in [0.29, 0.717) is 0 Å². The van der Waals surface area contributed by atoms with Gasteiger partial charge in [0.15, 0.2) is 0 Å². The molecule has 3 nitrogen and oxygen atoms in total. The fourth-order valence-corrected chi connectivity index (χ4v) is 2.97. The summed E-state index contributed by atoms with van der Waals surface area (Å²) < 4.78 is 37.6. The van der Waals surface area contributed by atoms with Crippen molar-refractivity contribution >= 4 is 5.91 Å². The van der Waals surface area contributed by atoms with E-state index < -0.39 is 11.9 Å². The number of hydrogen-bond acceptors (Lipinski definition) is 2. The molecular weight excluding hydrogens is 305 g/mol. The Labute approximate surface area is 131 Å². The molecule has 0 N–H and O–H groups in total. The molecule has 23 heavy (non-hydrogen) atoms. The Morgan fingerprint density at radius 3 is 2.61 bits per heavy atom. The molecule has 0 bridgehead atoms. The first kappa shape index (κ1) is 15.5. The second-order valence-electron chi connectivity index (χ2n) is 5.60. The van der Waals surface area contributed by atoms with Gasteiger partial charge in [0.2, 0.25) is 0 Å². The van der Waals surface area contributed by atoms with E-state index in [0.717, 1.165) is 30.7 Å². The Morgan fingerprint density at radius 1 is 1.22 bits per heavy atom. The lowest BCUT2D eigenvalue weighted by Gasteiger charge is -2.25. The van der Waals surface area contributed by atoms with Crippen LogP contribution in [0.25, 0.3) is 0 Å². The zero-order chi connectivity index (χ0) is 16.6. The summed E-state index contributed by atoms with van der Waals surface area (Å²) in [5.41, 5.74) is 1.47. The summed E-state index contributed by atoms with van der Waals surface area (Å²) in [6.07, 6.45) is -1.81. The lowest BCUT2D eigenvalue weighted by atomic mass is 10.1. The summed E-state index contributed by atoms with van der Waals surface area (Å²) in [5.74, 6) is -0.326. The van der Waals surface area contributed by atoms with Crippen LogP contribution in [0.15, 0.2) is 42.6 Å². The van der Waals surface area contributed by atoms with Crippen LogP contribution in [0.1, 0.15) is 39.6 Å². The van der Waals surface area contributed by atoms with Crippen molar-refractivity contribution < 1.29 is 18.0 Å². The van der Waals surface area contributed by atoms with Gasteiger partial charge in [-0.3, -0.25) is 9.78 Å². The van der Waals surface area contributed by atoms with Crippen LogP contribution in [0.3, 0.4) is 0 Å². The molecule has 2 aromatic rings. The zero-order valence-electron chi connectivity index (χ0n) is 12.5. The molecule has 1 atom stereocenters. The number of amides is 1. The third kappa shape index (κ3) is 2.93. The topological polar surface area (TPSA) is 33.2 Å². The van der Waals surface area contributed by atoms with E-state index in [1.165, 1.54) is 11.6 Å². The molecule has 0 spiro atoms. The summed E-state index contributed by atoms with van der Waals surface area (Å²) in [6.45, 7) is 0. The van der Waals surface area contributed by atoms with Gasteiger partial charge >= 0.3 is 6.18 Å².